The van der Waals surface area contributed by atoms with Gasteiger partial charge in [0.25, 0.3) is 0 Å². The number of nitrogens with zero attached hydrogens (tertiary/aromatic N) is 2. The van der Waals surface area contributed by atoms with Crippen molar-refractivity contribution in [3.8, 4) is 50.2 Å². The Labute approximate surface area is 416 Å². The van der Waals surface area contributed by atoms with Crippen LogP contribution in [-0.4, -0.2) is 4.57 Å². The predicted molar refractivity (Wildman–Crippen MR) is 305 cm³/mol. The van der Waals surface area contributed by atoms with Gasteiger partial charge in [-0.25, -0.2) is 0 Å². The Kier molecular flexibility index (Phi) is 9.75. The molecule has 0 amide bonds. The lowest BCUT2D eigenvalue weighted by Gasteiger charge is -2.26. The fraction of sp³-hybridized carbons (Fsp3) is 0. The average Bonchev–Trinajstić information content (AvgIpc) is 3.99. The van der Waals surface area contributed by atoms with Crippen LogP contribution in [0, 0.1) is 0 Å². The molecule has 3 heteroatoms. The molecule has 0 saturated heterocycles. The number of rotatable bonds is 8. The number of hydrogen-bond donors (Lipinski definition) is 0. The molecule has 14 rings (SSSR count). The van der Waals surface area contributed by atoms with E-state index in [1.807, 2.05) is 11.3 Å². The van der Waals surface area contributed by atoms with Gasteiger partial charge in [0, 0.05) is 53.6 Å². The summed E-state index contributed by atoms with van der Waals surface area (Å²) in [7, 11) is 0. The van der Waals surface area contributed by atoms with Gasteiger partial charge in [-0.2, -0.15) is 0 Å². The van der Waals surface area contributed by atoms with Crippen molar-refractivity contribution in [3.05, 3.63) is 267 Å². The summed E-state index contributed by atoms with van der Waals surface area (Å²) in [4.78, 5) is 2.39. The molecule has 2 aromatic heterocycles. The Bertz CT molecular complexity index is 4270. The van der Waals surface area contributed by atoms with Crippen LogP contribution in [0.2, 0.25) is 0 Å². The summed E-state index contributed by atoms with van der Waals surface area (Å²) in [6.07, 6.45) is 0. The van der Waals surface area contributed by atoms with Crippen molar-refractivity contribution in [2.75, 3.05) is 4.90 Å². The van der Waals surface area contributed by atoms with E-state index >= 15 is 0 Å². The highest BCUT2D eigenvalue weighted by molar-refractivity contribution is 7.25. The van der Waals surface area contributed by atoms with Gasteiger partial charge in [-0.3, -0.25) is 0 Å². The maximum Gasteiger partial charge on any atom is 0.0541 e. The van der Waals surface area contributed by atoms with E-state index in [4.69, 9.17) is 0 Å². The van der Waals surface area contributed by atoms with Crippen LogP contribution >= 0.6 is 11.3 Å². The first-order chi connectivity index (χ1) is 35.2. The zero-order valence-electron chi connectivity index (χ0n) is 38.7. The summed E-state index contributed by atoms with van der Waals surface area (Å²) < 4.78 is 5.06. The summed E-state index contributed by atoms with van der Waals surface area (Å²) in [6.45, 7) is 0. The smallest absolute Gasteiger partial charge is 0.0541 e. The molecule has 0 aliphatic carbocycles. The lowest BCUT2D eigenvalue weighted by atomic mass is 9.91. The van der Waals surface area contributed by atoms with Crippen molar-refractivity contribution in [1.29, 1.82) is 0 Å². The van der Waals surface area contributed by atoms with Crippen LogP contribution in [0.3, 0.4) is 0 Å². The average molecular weight is 921 g/mol. The summed E-state index contributed by atoms with van der Waals surface area (Å²) in [5.41, 5.74) is 16.5. The van der Waals surface area contributed by atoms with Gasteiger partial charge in [-0.15, -0.1) is 11.3 Å². The number of para-hydroxylation sites is 3. The normalized spacial score (nSPS) is 11.7. The Hall–Kier alpha value is -9.02. The van der Waals surface area contributed by atoms with E-state index < -0.39 is 0 Å². The number of benzene rings is 12. The Morgan fingerprint density at radius 3 is 1.54 bits per heavy atom. The van der Waals surface area contributed by atoms with Gasteiger partial charge < -0.3 is 9.47 Å². The van der Waals surface area contributed by atoms with E-state index in [1.165, 1.54) is 114 Å². The quantitative estimate of drug-likeness (QED) is 0.147. The van der Waals surface area contributed by atoms with Gasteiger partial charge in [0.15, 0.2) is 0 Å². The van der Waals surface area contributed by atoms with Crippen LogP contribution < -0.4 is 4.90 Å². The molecule has 0 atom stereocenters. The molecular weight excluding hydrogens is 877 g/mol. The molecule has 0 bridgehead atoms. The molecule has 12 aromatic carbocycles. The van der Waals surface area contributed by atoms with Crippen LogP contribution in [-0.2, 0) is 0 Å². The van der Waals surface area contributed by atoms with Gasteiger partial charge in [-0.1, -0.05) is 194 Å². The minimum absolute atomic E-state index is 1.09. The molecule has 0 aliphatic heterocycles. The minimum atomic E-state index is 1.09. The topological polar surface area (TPSA) is 8.17 Å². The molecule has 2 heterocycles. The molecule has 0 aliphatic rings. The first kappa shape index (κ1) is 41.0. The summed E-state index contributed by atoms with van der Waals surface area (Å²) in [5, 5.41) is 10.0. The molecule has 71 heavy (non-hydrogen) atoms. The zero-order valence-corrected chi connectivity index (χ0v) is 39.5. The van der Waals surface area contributed by atoms with Crippen molar-refractivity contribution in [2.24, 2.45) is 0 Å². The third-order valence-electron chi connectivity index (χ3n) is 14.4. The number of hydrogen-bond acceptors (Lipinski definition) is 2. The van der Waals surface area contributed by atoms with Gasteiger partial charge in [0.05, 0.1) is 16.7 Å². The fourth-order valence-electron chi connectivity index (χ4n) is 11.0. The lowest BCUT2D eigenvalue weighted by Crippen LogP contribution is -2.09. The van der Waals surface area contributed by atoms with Crippen LogP contribution in [0.25, 0.3) is 114 Å². The molecule has 332 valence electrons. The van der Waals surface area contributed by atoms with Crippen LogP contribution in [0.4, 0.5) is 17.1 Å². The van der Waals surface area contributed by atoms with E-state index in [9.17, 15) is 0 Å². The van der Waals surface area contributed by atoms with Crippen molar-refractivity contribution >= 4 is 91.9 Å². The van der Waals surface area contributed by atoms with E-state index in [2.05, 4.69) is 276 Å². The monoisotopic (exact) mass is 920 g/mol. The van der Waals surface area contributed by atoms with Gasteiger partial charge in [0.1, 0.15) is 0 Å². The fourth-order valence-corrected chi connectivity index (χ4v) is 12.2. The van der Waals surface area contributed by atoms with Gasteiger partial charge >= 0.3 is 0 Å². The van der Waals surface area contributed by atoms with Crippen molar-refractivity contribution in [2.45, 2.75) is 0 Å². The largest absolute Gasteiger partial charge is 0.310 e. The van der Waals surface area contributed by atoms with Gasteiger partial charge in [0.2, 0.25) is 0 Å². The summed E-state index contributed by atoms with van der Waals surface area (Å²) >= 11 is 1.86. The summed E-state index contributed by atoms with van der Waals surface area (Å²) in [5.74, 6) is 0. The number of fused-ring (bicyclic) bond motifs is 8. The number of anilines is 3. The number of aromatic nitrogens is 1. The van der Waals surface area contributed by atoms with Crippen molar-refractivity contribution < 1.29 is 0 Å². The maximum atomic E-state index is 2.42. The Balaban J connectivity index is 0.866. The van der Waals surface area contributed by atoms with E-state index in [1.54, 1.807) is 0 Å². The second-order valence-electron chi connectivity index (χ2n) is 18.4. The molecule has 0 saturated carbocycles. The van der Waals surface area contributed by atoms with Gasteiger partial charge in [-0.05, 0) is 133 Å². The SMILES string of the molecule is c1ccc(-c2cccc3cccc(-c4ccc(N(c5ccc(-c6ccc7c(c6)sc6ccccc67)cc5)c5ccc6cc(-c7ccccc7-n7c8ccccc8c8ccccc87)ccc6c5)cc4)c23)cc1. The predicted octanol–water partition coefficient (Wildman–Crippen LogP) is 19.6. The molecule has 0 N–H and O–H groups in total. The molecule has 0 spiro atoms. The Morgan fingerprint density at radius 2 is 0.803 bits per heavy atom. The summed E-state index contributed by atoms with van der Waals surface area (Å²) in [6, 6.07) is 98.0. The third-order valence-corrected chi connectivity index (χ3v) is 15.5. The highest BCUT2D eigenvalue weighted by Gasteiger charge is 2.19. The minimum Gasteiger partial charge on any atom is -0.310 e. The molecule has 2 nitrogen and oxygen atoms in total. The van der Waals surface area contributed by atoms with Crippen molar-refractivity contribution in [1.82, 2.24) is 4.57 Å². The second-order valence-corrected chi connectivity index (χ2v) is 19.5. The highest BCUT2D eigenvalue weighted by atomic mass is 32.1. The maximum absolute atomic E-state index is 2.42. The van der Waals surface area contributed by atoms with Crippen LogP contribution in [0.1, 0.15) is 0 Å². The van der Waals surface area contributed by atoms with E-state index in [0.717, 1.165) is 17.1 Å². The first-order valence-corrected chi connectivity index (χ1v) is 25.1. The van der Waals surface area contributed by atoms with E-state index in [0.29, 0.717) is 0 Å². The molecule has 14 aromatic rings. The number of thiophene rings is 1. The zero-order chi connectivity index (χ0) is 46.8. The molecular formula is C68H44N2S. The van der Waals surface area contributed by atoms with E-state index in [-0.39, 0.29) is 0 Å². The Morgan fingerprint density at radius 1 is 0.282 bits per heavy atom. The molecule has 0 fully saturated rings. The molecule has 0 unspecified atom stereocenters. The van der Waals surface area contributed by atoms with Crippen LogP contribution in [0.5, 0.6) is 0 Å². The standard InChI is InChI=1S/C68H44N2S/c1-2-14-46(15-3-1)57-22-12-16-48-17-13-23-58(68(48)57)47-32-38-54(39-33-47)69(53-36-30-45(31-37-53)51-35-41-62-61-21-7-11-27-66(61)71-67(62)44-51)55-40-34-49-42-52(29-28-50(49)43-55)56-18-4-8-24-63(56)70-64-25-9-5-19-59(64)60-20-6-10-26-65(60)70/h1-44H. The van der Waals surface area contributed by atoms with Crippen molar-refractivity contribution in [3.63, 3.8) is 0 Å². The molecule has 0 radical (unpaired) electrons. The lowest BCUT2D eigenvalue weighted by molar-refractivity contribution is 1.18. The second kappa shape index (κ2) is 16.9. The highest BCUT2D eigenvalue weighted by Crippen LogP contribution is 2.43. The first-order valence-electron chi connectivity index (χ1n) is 24.3. The third kappa shape index (κ3) is 7.01. The van der Waals surface area contributed by atoms with Crippen LogP contribution in [0.15, 0.2) is 267 Å².